The molecule has 1 aromatic heterocycles. The molecule has 0 unspecified atom stereocenters. The van der Waals surface area contributed by atoms with Crippen molar-refractivity contribution in [2.45, 2.75) is 26.2 Å². The molecule has 3 nitrogen and oxygen atoms in total. The Bertz CT molecular complexity index is 240. The summed E-state index contributed by atoms with van der Waals surface area (Å²) < 4.78 is 4.89. The van der Waals surface area contributed by atoms with Crippen LogP contribution in [0.25, 0.3) is 0 Å². The summed E-state index contributed by atoms with van der Waals surface area (Å²) >= 11 is 0. The van der Waals surface area contributed by atoms with Crippen molar-refractivity contribution < 1.29 is 9.63 Å². The molecule has 1 aromatic rings. The topological polar surface area (TPSA) is 46.3 Å². The van der Waals surface area contributed by atoms with Gasteiger partial charge < -0.3 is 9.63 Å². The van der Waals surface area contributed by atoms with E-state index in [9.17, 15) is 0 Å². The Hall–Kier alpha value is -0.830. The van der Waals surface area contributed by atoms with Gasteiger partial charge in [0, 0.05) is 11.0 Å². The fourth-order valence-electron chi connectivity index (χ4n) is 1.03. The van der Waals surface area contributed by atoms with E-state index in [-0.39, 0.29) is 12.0 Å². The Balaban J connectivity index is 3.00. The average molecular weight is 155 g/mol. The van der Waals surface area contributed by atoms with Crippen molar-refractivity contribution in [2.75, 3.05) is 6.61 Å². The van der Waals surface area contributed by atoms with Crippen LogP contribution in [0.15, 0.2) is 10.7 Å². The second-order valence-electron chi connectivity index (χ2n) is 3.34. The van der Waals surface area contributed by atoms with Crippen LogP contribution >= 0.6 is 0 Å². The van der Waals surface area contributed by atoms with Crippen LogP contribution in [0, 0.1) is 6.92 Å². The van der Waals surface area contributed by atoms with E-state index in [0.29, 0.717) is 0 Å². The standard InChI is InChI=1S/C8H13NO2/c1-6-7(4-9-11-6)8(2,3)5-10/h4,10H,5H2,1-3H3. The Labute approximate surface area is 66.0 Å². The van der Waals surface area contributed by atoms with E-state index in [4.69, 9.17) is 9.63 Å². The quantitative estimate of drug-likeness (QED) is 0.699. The summed E-state index contributed by atoms with van der Waals surface area (Å²) in [6.45, 7) is 5.86. The van der Waals surface area contributed by atoms with Crippen LogP contribution < -0.4 is 0 Å². The second kappa shape index (κ2) is 2.66. The van der Waals surface area contributed by atoms with Gasteiger partial charge >= 0.3 is 0 Å². The Morgan fingerprint density at radius 2 is 2.27 bits per heavy atom. The highest BCUT2D eigenvalue weighted by molar-refractivity contribution is 5.22. The molecule has 62 valence electrons. The van der Waals surface area contributed by atoms with Crippen molar-refractivity contribution in [1.82, 2.24) is 5.16 Å². The van der Waals surface area contributed by atoms with Crippen molar-refractivity contribution >= 4 is 0 Å². The molecule has 1 N–H and O–H groups in total. The third-order valence-corrected chi connectivity index (χ3v) is 1.88. The summed E-state index contributed by atoms with van der Waals surface area (Å²) in [5.74, 6) is 0.782. The molecule has 1 heterocycles. The van der Waals surface area contributed by atoms with Gasteiger partial charge in [-0.2, -0.15) is 0 Å². The lowest BCUT2D eigenvalue weighted by Crippen LogP contribution is -2.22. The maximum atomic E-state index is 9.02. The van der Waals surface area contributed by atoms with E-state index in [0.717, 1.165) is 11.3 Å². The van der Waals surface area contributed by atoms with Gasteiger partial charge in [-0.1, -0.05) is 19.0 Å². The van der Waals surface area contributed by atoms with Crippen LogP contribution in [-0.4, -0.2) is 16.9 Å². The fraction of sp³-hybridized carbons (Fsp3) is 0.625. The molecular weight excluding hydrogens is 142 g/mol. The lowest BCUT2D eigenvalue weighted by atomic mass is 9.86. The lowest BCUT2D eigenvalue weighted by Gasteiger charge is -2.19. The highest BCUT2D eigenvalue weighted by atomic mass is 16.5. The van der Waals surface area contributed by atoms with E-state index in [1.54, 1.807) is 6.20 Å². The van der Waals surface area contributed by atoms with Gasteiger partial charge in [0.2, 0.25) is 0 Å². The van der Waals surface area contributed by atoms with Crippen molar-refractivity contribution in [2.24, 2.45) is 0 Å². The maximum Gasteiger partial charge on any atom is 0.137 e. The van der Waals surface area contributed by atoms with E-state index in [2.05, 4.69) is 5.16 Å². The highest BCUT2D eigenvalue weighted by Crippen LogP contribution is 2.24. The van der Waals surface area contributed by atoms with Gasteiger partial charge in [-0.15, -0.1) is 0 Å². The monoisotopic (exact) mass is 155 g/mol. The van der Waals surface area contributed by atoms with Crippen LogP contribution in [0.5, 0.6) is 0 Å². The third kappa shape index (κ3) is 1.43. The highest BCUT2D eigenvalue weighted by Gasteiger charge is 2.23. The van der Waals surface area contributed by atoms with Gasteiger partial charge in [0.25, 0.3) is 0 Å². The molecule has 11 heavy (non-hydrogen) atoms. The van der Waals surface area contributed by atoms with Gasteiger partial charge in [-0.3, -0.25) is 0 Å². The van der Waals surface area contributed by atoms with Gasteiger partial charge in [0.05, 0.1) is 12.8 Å². The Morgan fingerprint density at radius 1 is 1.64 bits per heavy atom. The molecule has 3 heteroatoms. The van der Waals surface area contributed by atoms with E-state index in [1.165, 1.54) is 0 Å². The van der Waals surface area contributed by atoms with E-state index in [1.807, 2.05) is 20.8 Å². The minimum Gasteiger partial charge on any atom is -0.395 e. The fourth-order valence-corrected chi connectivity index (χ4v) is 1.03. The predicted octanol–water partition coefficient (Wildman–Crippen LogP) is 1.25. The van der Waals surface area contributed by atoms with Crippen LogP contribution in [0.2, 0.25) is 0 Å². The minimum absolute atomic E-state index is 0.106. The molecule has 0 aliphatic carbocycles. The molecule has 0 radical (unpaired) electrons. The largest absolute Gasteiger partial charge is 0.395 e. The van der Waals surface area contributed by atoms with Gasteiger partial charge in [0.15, 0.2) is 0 Å². The molecule has 0 aliphatic heterocycles. The van der Waals surface area contributed by atoms with Gasteiger partial charge in [-0.05, 0) is 6.92 Å². The second-order valence-corrected chi connectivity index (χ2v) is 3.34. The van der Waals surface area contributed by atoms with Crippen molar-refractivity contribution in [3.05, 3.63) is 17.5 Å². The molecule has 0 fully saturated rings. The summed E-state index contributed by atoms with van der Waals surface area (Å²) in [5.41, 5.74) is 0.726. The molecular formula is C8H13NO2. The van der Waals surface area contributed by atoms with Gasteiger partial charge in [0.1, 0.15) is 5.76 Å². The Morgan fingerprint density at radius 3 is 2.64 bits per heavy atom. The summed E-state index contributed by atoms with van der Waals surface area (Å²) in [5, 5.41) is 12.7. The molecule has 0 bridgehead atoms. The minimum atomic E-state index is -0.246. The number of aliphatic hydroxyl groups excluding tert-OH is 1. The predicted molar refractivity (Wildman–Crippen MR) is 41.4 cm³/mol. The lowest BCUT2D eigenvalue weighted by molar-refractivity contribution is 0.217. The Kier molecular flexibility index (Phi) is 2.00. The molecule has 0 spiro atoms. The first-order valence-electron chi connectivity index (χ1n) is 3.60. The summed E-state index contributed by atoms with van der Waals surface area (Å²) in [6.07, 6.45) is 1.66. The first-order valence-corrected chi connectivity index (χ1v) is 3.60. The summed E-state index contributed by atoms with van der Waals surface area (Å²) in [4.78, 5) is 0. The summed E-state index contributed by atoms with van der Waals surface area (Å²) in [6, 6.07) is 0. The number of rotatable bonds is 2. The van der Waals surface area contributed by atoms with Crippen molar-refractivity contribution in [1.29, 1.82) is 0 Å². The molecule has 0 amide bonds. The molecule has 1 rings (SSSR count). The van der Waals surface area contributed by atoms with Crippen molar-refractivity contribution in [3.8, 4) is 0 Å². The molecule has 0 atom stereocenters. The first kappa shape index (κ1) is 8.27. The van der Waals surface area contributed by atoms with Gasteiger partial charge in [-0.25, -0.2) is 0 Å². The first-order chi connectivity index (χ1) is 5.08. The number of hydrogen-bond acceptors (Lipinski definition) is 3. The zero-order chi connectivity index (χ0) is 8.48. The van der Waals surface area contributed by atoms with Crippen LogP contribution in [0.3, 0.4) is 0 Å². The zero-order valence-electron chi connectivity index (χ0n) is 7.09. The molecule has 0 aliphatic rings. The number of aryl methyl sites for hydroxylation is 1. The number of hydrogen-bond donors (Lipinski definition) is 1. The zero-order valence-corrected chi connectivity index (χ0v) is 7.09. The maximum absolute atomic E-state index is 9.02. The van der Waals surface area contributed by atoms with E-state index >= 15 is 0 Å². The number of nitrogens with zero attached hydrogens (tertiary/aromatic N) is 1. The molecule has 0 saturated heterocycles. The summed E-state index contributed by atoms with van der Waals surface area (Å²) in [7, 11) is 0. The SMILES string of the molecule is Cc1oncc1C(C)(C)CO. The van der Waals surface area contributed by atoms with Crippen LogP contribution in [0.1, 0.15) is 25.2 Å². The number of aromatic nitrogens is 1. The van der Waals surface area contributed by atoms with Crippen molar-refractivity contribution in [3.63, 3.8) is 0 Å². The third-order valence-electron chi connectivity index (χ3n) is 1.88. The van der Waals surface area contributed by atoms with Crippen LogP contribution in [0.4, 0.5) is 0 Å². The average Bonchev–Trinajstić information content (AvgIpc) is 2.36. The van der Waals surface area contributed by atoms with Crippen LogP contribution in [-0.2, 0) is 5.41 Å². The number of aliphatic hydroxyl groups is 1. The smallest absolute Gasteiger partial charge is 0.137 e. The molecule has 0 saturated carbocycles. The van der Waals surface area contributed by atoms with E-state index < -0.39 is 0 Å². The molecule has 0 aromatic carbocycles. The normalized spacial score (nSPS) is 12.0.